The number of benzene rings is 1. The Bertz CT molecular complexity index is 690. The third kappa shape index (κ3) is 2.81. The Hall–Kier alpha value is -2.76. The number of anilines is 1. The smallest absolute Gasteiger partial charge is 0.414 e. The lowest BCUT2D eigenvalue weighted by atomic mass is 10.2. The second kappa shape index (κ2) is 5.93. The molecule has 1 aliphatic heterocycles. The van der Waals surface area contributed by atoms with Gasteiger partial charge in [-0.05, 0) is 30.7 Å². The van der Waals surface area contributed by atoms with Gasteiger partial charge >= 0.3 is 6.09 Å². The number of nitrogens with one attached hydrogen (secondary N) is 1. The minimum Gasteiger partial charge on any atom is -0.469 e. The maximum absolute atomic E-state index is 12.0. The van der Waals surface area contributed by atoms with E-state index in [-0.39, 0.29) is 12.0 Å². The number of aryl methyl sites for hydroxylation is 1. The van der Waals surface area contributed by atoms with Crippen LogP contribution in [0.15, 0.2) is 41.0 Å². The highest BCUT2D eigenvalue weighted by Gasteiger charge is 2.23. The van der Waals surface area contributed by atoms with Crippen molar-refractivity contribution in [2.24, 2.45) is 0 Å². The van der Waals surface area contributed by atoms with Gasteiger partial charge in [0.25, 0.3) is 5.91 Å². The zero-order chi connectivity index (χ0) is 15.5. The number of carbonyl (C=O) groups excluding carboxylic acids is 2. The zero-order valence-corrected chi connectivity index (χ0v) is 12.2. The van der Waals surface area contributed by atoms with Gasteiger partial charge in [-0.3, -0.25) is 9.69 Å². The molecule has 2 aromatic rings. The summed E-state index contributed by atoms with van der Waals surface area (Å²) in [6.45, 7) is 3.14. The standard InChI is InChI=1S/C16H16N2O4/c1-11-14(6-8-21-11)15(19)17-10-12-2-4-13(5-3-12)18-7-9-22-16(18)20/h2-6,8H,7,9-10H2,1H3,(H,17,19). The predicted molar refractivity (Wildman–Crippen MR) is 79.8 cm³/mol. The third-order valence-electron chi connectivity index (χ3n) is 3.57. The molecule has 1 aliphatic rings. The van der Waals surface area contributed by atoms with E-state index in [0.717, 1.165) is 11.3 Å². The monoisotopic (exact) mass is 300 g/mol. The highest BCUT2D eigenvalue weighted by Crippen LogP contribution is 2.19. The van der Waals surface area contributed by atoms with Gasteiger partial charge in [-0.25, -0.2) is 4.79 Å². The summed E-state index contributed by atoms with van der Waals surface area (Å²) >= 11 is 0. The number of amides is 2. The van der Waals surface area contributed by atoms with Gasteiger partial charge in [0.2, 0.25) is 0 Å². The number of hydrogen-bond acceptors (Lipinski definition) is 4. The maximum Gasteiger partial charge on any atom is 0.414 e. The largest absolute Gasteiger partial charge is 0.469 e. The van der Waals surface area contributed by atoms with E-state index in [4.69, 9.17) is 9.15 Å². The molecule has 1 fully saturated rings. The summed E-state index contributed by atoms with van der Waals surface area (Å²) in [7, 11) is 0. The third-order valence-corrected chi connectivity index (χ3v) is 3.57. The number of hydrogen-bond donors (Lipinski definition) is 1. The molecule has 1 saturated heterocycles. The lowest BCUT2D eigenvalue weighted by Gasteiger charge is -2.13. The average Bonchev–Trinajstić information content (AvgIpc) is 3.14. The quantitative estimate of drug-likeness (QED) is 0.941. The van der Waals surface area contributed by atoms with Crippen LogP contribution in [0.3, 0.4) is 0 Å². The Morgan fingerprint density at radius 3 is 2.64 bits per heavy atom. The molecule has 3 rings (SSSR count). The van der Waals surface area contributed by atoms with E-state index in [1.807, 2.05) is 24.3 Å². The molecule has 0 spiro atoms. The van der Waals surface area contributed by atoms with Crippen LogP contribution in [0, 0.1) is 6.92 Å². The second-order valence-corrected chi connectivity index (χ2v) is 5.01. The molecule has 114 valence electrons. The van der Waals surface area contributed by atoms with Gasteiger partial charge in [-0.1, -0.05) is 12.1 Å². The van der Waals surface area contributed by atoms with Gasteiger partial charge in [0.05, 0.1) is 18.4 Å². The molecule has 0 radical (unpaired) electrons. The summed E-state index contributed by atoms with van der Waals surface area (Å²) in [6.07, 6.45) is 1.17. The van der Waals surface area contributed by atoms with Crippen molar-refractivity contribution in [1.29, 1.82) is 0 Å². The lowest BCUT2D eigenvalue weighted by molar-refractivity contribution is 0.0949. The van der Waals surface area contributed by atoms with E-state index in [0.29, 0.717) is 31.0 Å². The van der Waals surface area contributed by atoms with Crippen LogP contribution in [0.1, 0.15) is 21.7 Å². The van der Waals surface area contributed by atoms with Gasteiger partial charge in [-0.2, -0.15) is 0 Å². The van der Waals surface area contributed by atoms with Crippen LogP contribution in [0.5, 0.6) is 0 Å². The highest BCUT2D eigenvalue weighted by molar-refractivity contribution is 5.95. The Balaban J connectivity index is 1.61. The normalized spacial score (nSPS) is 14.0. The van der Waals surface area contributed by atoms with Gasteiger partial charge in [0, 0.05) is 12.2 Å². The Morgan fingerprint density at radius 2 is 2.05 bits per heavy atom. The van der Waals surface area contributed by atoms with Crippen LogP contribution in [0.2, 0.25) is 0 Å². The number of carbonyl (C=O) groups is 2. The summed E-state index contributed by atoms with van der Waals surface area (Å²) in [5.74, 6) is 0.429. The number of ether oxygens (including phenoxy) is 1. The Kier molecular flexibility index (Phi) is 3.82. The zero-order valence-electron chi connectivity index (χ0n) is 12.2. The van der Waals surface area contributed by atoms with E-state index < -0.39 is 0 Å². The van der Waals surface area contributed by atoms with Crippen molar-refractivity contribution in [2.75, 3.05) is 18.1 Å². The minimum absolute atomic E-state index is 0.168. The lowest BCUT2D eigenvalue weighted by Crippen LogP contribution is -2.24. The molecule has 22 heavy (non-hydrogen) atoms. The van der Waals surface area contributed by atoms with E-state index in [1.54, 1.807) is 17.9 Å². The van der Waals surface area contributed by atoms with Crippen molar-refractivity contribution < 1.29 is 18.7 Å². The molecule has 0 aliphatic carbocycles. The fourth-order valence-corrected chi connectivity index (χ4v) is 2.32. The Labute approximate surface area is 127 Å². The average molecular weight is 300 g/mol. The molecule has 2 amide bonds. The van der Waals surface area contributed by atoms with Crippen LogP contribution in [0.4, 0.5) is 10.5 Å². The van der Waals surface area contributed by atoms with Crippen molar-refractivity contribution >= 4 is 17.7 Å². The Morgan fingerprint density at radius 1 is 1.27 bits per heavy atom. The number of cyclic esters (lactones) is 1. The SMILES string of the molecule is Cc1occc1C(=O)NCc1ccc(N2CCOC2=O)cc1. The maximum atomic E-state index is 12.0. The van der Waals surface area contributed by atoms with Crippen molar-refractivity contribution in [1.82, 2.24) is 5.32 Å². The van der Waals surface area contributed by atoms with E-state index in [9.17, 15) is 9.59 Å². The summed E-state index contributed by atoms with van der Waals surface area (Å²) in [6, 6.07) is 9.09. The molecule has 2 heterocycles. The first-order chi connectivity index (χ1) is 10.6. The molecular weight excluding hydrogens is 284 g/mol. The number of furan rings is 1. The van der Waals surface area contributed by atoms with Crippen LogP contribution < -0.4 is 10.2 Å². The van der Waals surface area contributed by atoms with Crippen molar-refractivity contribution in [3.63, 3.8) is 0 Å². The first-order valence-electron chi connectivity index (χ1n) is 7.00. The van der Waals surface area contributed by atoms with Crippen molar-refractivity contribution in [2.45, 2.75) is 13.5 Å². The van der Waals surface area contributed by atoms with Gasteiger partial charge < -0.3 is 14.5 Å². The van der Waals surface area contributed by atoms with Gasteiger partial charge in [0.15, 0.2) is 0 Å². The second-order valence-electron chi connectivity index (χ2n) is 5.01. The predicted octanol–water partition coefficient (Wildman–Crippen LogP) is 2.47. The van der Waals surface area contributed by atoms with E-state index in [1.165, 1.54) is 6.26 Å². The van der Waals surface area contributed by atoms with Gasteiger partial charge in [0.1, 0.15) is 12.4 Å². The molecule has 0 saturated carbocycles. The molecular formula is C16H16N2O4. The topological polar surface area (TPSA) is 71.8 Å². The van der Waals surface area contributed by atoms with Crippen LogP contribution >= 0.6 is 0 Å². The van der Waals surface area contributed by atoms with Gasteiger partial charge in [-0.15, -0.1) is 0 Å². The summed E-state index contributed by atoms with van der Waals surface area (Å²) in [5, 5.41) is 2.84. The summed E-state index contributed by atoms with van der Waals surface area (Å²) in [5.41, 5.74) is 2.28. The van der Waals surface area contributed by atoms with Crippen LogP contribution in [-0.4, -0.2) is 25.2 Å². The fourth-order valence-electron chi connectivity index (χ4n) is 2.32. The molecule has 6 heteroatoms. The first-order valence-corrected chi connectivity index (χ1v) is 7.00. The van der Waals surface area contributed by atoms with Crippen molar-refractivity contribution in [3.05, 3.63) is 53.5 Å². The highest BCUT2D eigenvalue weighted by atomic mass is 16.6. The van der Waals surface area contributed by atoms with Crippen LogP contribution in [0.25, 0.3) is 0 Å². The molecule has 0 unspecified atom stereocenters. The minimum atomic E-state index is -0.323. The summed E-state index contributed by atoms with van der Waals surface area (Å²) in [4.78, 5) is 25.0. The number of nitrogens with zero attached hydrogens (tertiary/aromatic N) is 1. The summed E-state index contributed by atoms with van der Waals surface area (Å²) < 4.78 is 10.0. The molecule has 1 aromatic carbocycles. The molecule has 6 nitrogen and oxygen atoms in total. The molecule has 0 bridgehead atoms. The number of rotatable bonds is 4. The first kappa shape index (κ1) is 14.2. The molecule has 0 atom stereocenters. The molecule has 1 N–H and O–H groups in total. The molecule has 1 aromatic heterocycles. The fraction of sp³-hybridized carbons (Fsp3) is 0.250. The van der Waals surface area contributed by atoms with E-state index in [2.05, 4.69) is 5.32 Å². The van der Waals surface area contributed by atoms with Crippen molar-refractivity contribution in [3.8, 4) is 0 Å². The van der Waals surface area contributed by atoms with E-state index >= 15 is 0 Å². The van der Waals surface area contributed by atoms with Crippen LogP contribution in [-0.2, 0) is 11.3 Å².